The Balaban J connectivity index is 0.000000293. The molecule has 1 aliphatic carbocycles. The summed E-state index contributed by atoms with van der Waals surface area (Å²) in [6.07, 6.45) is 3.68. The first kappa shape index (κ1) is 23.2. The Labute approximate surface area is 191 Å². The first-order valence-corrected chi connectivity index (χ1v) is 11.1. The summed E-state index contributed by atoms with van der Waals surface area (Å²) in [6, 6.07) is 15.6. The van der Waals surface area contributed by atoms with E-state index < -0.39 is 11.9 Å². The van der Waals surface area contributed by atoms with Crippen LogP contribution in [0.4, 0.5) is 11.4 Å². The zero-order chi connectivity index (χ0) is 22.5. The summed E-state index contributed by atoms with van der Waals surface area (Å²) in [4.78, 5) is 26.6. The molecule has 0 spiro atoms. The normalized spacial score (nSPS) is 19.2. The number of benzene rings is 2. The minimum atomic E-state index is -1.26. The zero-order valence-corrected chi connectivity index (χ0v) is 18.9. The summed E-state index contributed by atoms with van der Waals surface area (Å²) < 4.78 is 0. The van der Waals surface area contributed by atoms with Crippen molar-refractivity contribution in [1.29, 1.82) is 0 Å². The SMILES string of the molecule is CN(C)CC1CCC1N1c2ccccc2Sc2ccc(Cl)cc21.O=C(O)/C=C\C(=O)O. The van der Waals surface area contributed by atoms with Gasteiger partial charge in [-0.1, -0.05) is 35.5 Å². The number of hydrogen-bond donors (Lipinski definition) is 2. The second-order valence-corrected chi connectivity index (χ2v) is 9.25. The molecule has 2 aliphatic rings. The number of halogens is 1. The van der Waals surface area contributed by atoms with Crippen LogP contribution in [0.15, 0.2) is 64.4 Å². The van der Waals surface area contributed by atoms with Gasteiger partial charge in [-0.05, 0) is 63.2 Å². The number of carboxylic acid groups (broad SMARTS) is 2. The number of anilines is 2. The summed E-state index contributed by atoms with van der Waals surface area (Å²) in [5.74, 6) is -1.80. The molecule has 0 radical (unpaired) electrons. The fourth-order valence-electron chi connectivity index (χ4n) is 3.83. The first-order chi connectivity index (χ1) is 14.8. The molecule has 1 heterocycles. The summed E-state index contributed by atoms with van der Waals surface area (Å²) in [6.45, 7) is 1.15. The summed E-state index contributed by atoms with van der Waals surface area (Å²) in [5.41, 5.74) is 2.61. The quantitative estimate of drug-likeness (QED) is 0.608. The fraction of sp³-hybridized carbons (Fsp3) is 0.304. The van der Waals surface area contributed by atoms with E-state index in [9.17, 15) is 9.59 Å². The van der Waals surface area contributed by atoms with Gasteiger partial charge in [0.2, 0.25) is 0 Å². The lowest BCUT2D eigenvalue weighted by molar-refractivity contribution is -0.134. The average Bonchev–Trinajstić information content (AvgIpc) is 2.70. The van der Waals surface area contributed by atoms with Crippen molar-refractivity contribution >= 4 is 46.7 Å². The largest absolute Gasteiger partial charge is 0.478 e. The molecule has 1 fully saturated rings. The van der Waals surface area contributed by atoms with Crippen LogP contribution in [0.3, 0.4) is 0 Å². The van der Waals surface area contributed by atoms with E-state index in [1.807, 2.05) is 17.8 Å². The second-order valence-electron chi connectivity index (χ2n) is 7.73. The maximum Gasteiger partial charge on any atom is 0.328 e. The number of carbonyl (C=O) groups is 2. The van der Waals surface area contributed by atoms with E-state index in [4.69, 9.17) is 21.8 Å². The average molecular weight is 461 g/mol. The molecule has 4 rings (SSSR count). The molecule has 1 saturated carbocycles. The van der Waals surface area contributed by atoms with Gasteiger partial charge in [-0.15, -0.1) is 0 Å². The molecule has 1 aliphatic heterocycles. The Kier molecular flexibility index (Phi) is 7.64. The van der Waals surface area contributed by atoms with Crippen molar-refractivity contribution in [2.45, 2.75) is 28.7 Å². The summed E-state index contributed by atoms with van der Waals surface area (Å²) in [7, 11) is 4.33. The highest BCUT2D eigenvalue weighted by Gasteiger charge is 2.39. The van der Waals surface area contributed by atoms with Crippen LogP contribution in [-0.2, 0) is 9.59 Å². The number of carboxylic acids is 2. The van der Waals surface area contributed by atoms with Crippen molar-refractivity contribution in [2.75, 3.05) is 25.5 Å². The van der Waals surface area contributed by atoms with Crippen LogP contribution in [0.2, 0.25) is 5.02 Å². The van der Waals surface area contributed by atoms with Crippen LogP contribution >= 0.6 is 23.4 Å². The molecule has 0 aromatic heterocycles. The van der Waals surface area contributed by atoms with Crippen LogP contribution in [0.5, 0.6) is 0 Å². The van der Waals surface area contributed by atoms with Crippen molar-refractivity contribution in [1.82, 2.24) is 4.90 Å². The molecule has 2 unspecified atom stereocenters. The van der Waals surface area contributed by atoms with E-state index in [0.29, 0.717) is 24.1 Å². The van der Waals surface area contributed by atoms with Crippen LogP contribution in [0.25, 0.3) is 0 Å². The second kappa shape index (κ2) is 10.2. The van der Waals surface area contributed by atoms with Crippen molar-refractivity contribution in [2.24, 2.45) is 5.92 Å². The Bertz CT molecular complexity index is 979. The predicted octanol–water partition coefficient (Wildman–Crippen LogP) is 4.99. The number of rotatable bonds is 5. The van der Waals surface area contributed by atoms with Crippen molar-refractivity contribution < 1.29 is 19.8 Å². The number of hydrogen-bond acceptors (Lipinski definition) is 5. The molecular weight excluding hydrogens is 436 g/mol. The molecular formula is C23H25ClN2O4S. The van der Waals surface area contributed by atoms with Gasteiger partial charge in [-0.3, -0.25) is 0 Å². The standard InChI is InChI=1S/C19H21ClN2S.C4H4O4/c1-21(2)12-13-7-9-15(13)22-16-5-3-4-6-18(16)23-19-10-8-14(20)11-17(19)22;5-3(6)1-2-4(7)8/h3-6,8,10-11,13,15H,7,9,12H2,1-2H3;1-2H,(H,5,6)(H,7,8)/b;2-1-. The Morgan fingerprint density at radius 3 is 2.29 bits per heavy atom. The van der Waals surface area contributed by atoms with Gasteiger partial charge in [0, 0.05) is 39.6 Å². The van der Waals surface area contributed by atoms with Gasteiger partial charge in [-0.2, -0.15) is 0 Å². The molecule has 0 bridgehead atoms. The molecule has 0 amide bonds. The van der Waals surface area contributed by atoms with Gasteiger partial charge in [0.25, 0.3) is 0 Å². The zero-order valence-electron chi connectivity index (χ0n) is 17.4. The van der Waals surface area contributed by atoms with E-state index in [1.165, 1.54) is 34.0 Å². The minimum absolute atomic E-state index is 0.558. The Hall–Kier alpha value is -2.48. The van der Waals surface area contributed by atoms with E-state index in [-0.39, 0.29) is 0 Å². The highest BCUT2D eigenvalue weighted by atomic mass is 35.5. The molecule has 2 aromatic carbocycles. The minimum Gasteiger partial charge on any atom is -0.478 e. The fourth-order valence-corrected chi connectivity index (χ4v) is 5.05. The molecule has 2 atom stereocenters. The Morgan fingerprint density at radius 1 is 1.06 bits per heavy atom. The molecule has 2 aromatic rings. The van der Waals surface area contributed by atoms with E-state index in [2.05, 4.69) is 60.3 Å². The van der Waals surface area contributed by atoms with Gasteiger partial charge in [0.05, 0.1) is 11.4 Å². The van der Waals surface area contributed by atoms with E-state index in [1.54, 1.807) is 0 Å². The van der Waals surface area contributed by atoms with Crippen molar-refractivity contribution in [3.63, 3.8) is 0 Å². The lowest BCUT2D eigenvalue weighted by Crippen LogP contribution is -2.49. The van der Waals surface area contributed by atoms with E-state index in [0.717, 1.165) is 11.6 Å². The monoisotopic (exact) mass is 460 g/mol. The molecule has 8 heteroatoms. The third-order valence-electron chi connectivity index (χ3n) is 5.20. The molecule has 0 saturated heterocycles. The summed E-state index contributed by atoms with van der Waals surface area (Å²) >= 11 is 8.16. The van der Waals surface area contributed by atoms with Crippen molar-refractivity contribution in [3.8, 4) is 0 Å². The smallest absolute Gasteiger partial charge is 0.328 e. The maximum absolute atomic E-state index is 9.55. The molecule has 164 valence electrons. The summed E-state index contributed by atoms with van der Waals surface area (Å²) in [5, 5.41) is 16.4. The van der Waals surface area contributed by atoms with Gasteiger partial charge < -0.3 is 20.0 Å². The van der Waals surface area contributed by atoms with Crippen LogP contribution in [-0.4, -0.2) is 53.7 Å². The Morgan fingerprint density at radius 2 is 1.71 bits per heavy atom. The number of para-hydroxylation sites is 1. The van der Waals surface area contributed by atoms with E-state index >= 15 is 0 Å². The van der Waals surface area contributed by atoms with Gasteiger partial charge in [0.15, 0.2) is 0 Å². The van der Waals surface area contributed by atoms with Gasteiger partial charge >= 0.3 is 11.9 Å². The predicted molar refractivity (Wildman–Crippen MR) is 124 cm³/mol. The van der Waals surface area contributed by atoms with Crippen LogP contribution < -0.4 is 4.90 Å². The molecule has 2 N–H and O–H groups in total. The third-order valence-corrected chi connectivity index (χ3v) is 6.57. The lowest BCUT2D eigenvalue weighted by atomic mass is 9.77. The lowest BCUT2D eigenvalue weighted by Gasteiger charge is -2.48. The molecule has 6 nitrogen and oxygen atoms in total. The number of nitrogens with zero attached hydrogens (tertiary/aromatic N) is 2. The third kappa shape index (κ3) is 5.81. The van der Waals surface area contributed by atoms with Crippen LogP contribution in [0.1, 0.15) is 12.8 Å². The first-order valence-electron chi connectivity index (χ1n) is 9.90. The van der Waals surface area contributed by atoms with Gasteiger partial charge in [0.1, 0.15) is 0 Å². The number of fused-ring (bicyclic) bond motifs is 2. The van der Waals surface area contributed by atoms with Crippen LogP contribution in [0, 0.1) is 5.92 Å². The maximum atomic E-state index is 9.55. The number of aliphatic carboxylic acids is 2. The highest BCUT2D eigenvalue weighted by Crippen LogP contribution is 2.52. The molecule has 31 heavy (non-hydrogen) atoms. The topological polar surface area (TPSA) is 81.1 Å². The van der Waals surface area contributed by atoms with Crippen molar-refractivity contribution in [3.05, 3.63) is 59.6 Å². The highest BCUT2D eigenvalue weighted by molar-refractivity contribution is 7.99. The van der Waals surface area contributed by atoms with Gasteiger partial charge in [-0.25, -0.2) is 9.59 Å².